The van der Waals surface area contributed by atoms with Crippen molar-refractivity contribution in [3.63, 3.8) is 0 Å². The molecular formula is C19H19ClO4. The first-order valence-corrected chi connectivity index (χ1v) is 7.94. The second kappa shape index (κ2) is 8.41. The van der Waals surface area contributed by atoms with Gasteiger partial charge in [-0.2, -0.15) is 0 Å². The first kappa shape index (κ1) is 17.9. The van der Waals surface area contributed by atoms with E-state index in [9.17, 15) is 9.90 Å². The van der Waals surface area contributed by atoms with Crippen molar-refractivity contribution in [1.29, 1.82) is 0 Å². The predicted octanol–water partition coefficient (Wildman–Crippen LogP) is 4.76. The van der Waals surface area contributed by atoms with Crippen molar-refractivity contribution in [2.24, 2.45) is 0 Å². The van der Waals surface area contributed by atoms with E-state index in [1.165, 1.54) is 7.11 Å². The van der Waals surface area contributed by atoms with Crippen LogP contribution in [0.25, 0.3) is 11.6 Å². The molecular weight excluding hydrogens is 328 g/mol. The Kier molecular flexibility index (Phi) is 6.27. The van der Waals surface area contributed by atoms with Gasteiger partial charge in [-0.05, 0) is 47.9 Å². The molecule has 0 radical (unpaired) electrons. The minimum Gasteiger partial charge on any atom is -0.495 e. The molecule has 0 amide bonds. The van der Waals surface area contributed by atoms with Gasteiger partial charge >= 0.3 is 5.97 Å². The van der Waals surface area contributed by atoms with Gasteiger partial charge in [0.2, 0.25) is 0 Å². The van der Waals surface area contributed by atoms with Crippen molar-refractivity contribution in [3.05, 3.63) is 58.6 Å². The molecule has 0 saturated carbocycles. The van der Waals surface area contributed by atoms with Crippen molar-refractivity contribution in [1.82, 2.24) is 0 Å². The van der Waals surface area contributed by atoms with E-state index in [2.05, 4.69) is 0 Å². The summed E-state index contributed by atoms with van der Waals surface area (Å²) in [4.78, 5) is 11.6. The molecule has 0 aliphatic rings. The van der Waals surface area contributed by atoms with E-state index in [1.807, 2.05) is 31.2 Å². The summed E-state index contributed by atoms with van der Waals surface area (Å²) in [6.07, 6.45) is 2.53. The van der Waals surface area contributed by atoms with Crippen LogP contribution in [0, 0.1) is 0 Å². The van der Waals surface area contributed by atoms with Crippen molar-refractivity contribution < 1.29 is 19.4 Å². The lowest BCUT2D eigenvalue weighted by atomic mass is 10.0. The number of methoxy groups -OCH3 is 1. The maximum absolute atomic E-state index is 11.6. The summed E-state index contributed by atoms with van der Waals surface area (Å²) >= 11 is 6.09. The molecule has 24 heavy (non-hydrogen) atoms. The number of hydrogen-bond acceptors (Lipinski definition) is 3. The highest BCUT2D eigenvalue weighted by Gasteiger charge is 2.13. The van der Waals surface area contributed by atoms with Crippen LogP contribution < -0.4 is 9.47 Å². The van der Waals surface area contributed by atoms with Crippen molar-refractivity contribution in [3.8, 4) is 11.5 Å². The van der Waals surface area contributed by atoms with E-state index < -0.39 is 5.97 Å². The standard InChI is InChI=1S/C19H19ClO4/c1-3-10-24-15-7-4-13(5-8-15)11-16(19(21)22)14-6-9-18(23-2)17(20)12-14/h4-9,11-12H,3,10H2,1-2H3,(H,21,22)/b16-11-. The van der Waals surface area contributed by atoms with Crippen LogP contribution in [0.4, 0.5) is 0 Å². The number of ether oxygens (including phenoxy) is 2. The quantitative estimate of drug-likeness (QED) is 0.580. The Morgan fingerprint density at radius 3 is 2.46 bits per heavy atom. The number of carbonyl (C=O) groups is 1. The lowest BCUT2D eigenvalue weighted by Crippen LogP contribution is -2.00. The van der Waals surface area contributed by atoms with Crippen LogP contribution in [-0.2, 0) is 4.79 Å². The number of halogens is 1. The molecule has 0 aliphatic heterocycles. The Bertz CT molecular complexity index is 736. The minimum absolute atomic E-state index is 0.154. The minimum atomic E-state index is -1.03. The van der Waals surface area contributed by atoms with E-state index >= 15 is 0 Å². The van der Waals surface area contributed by atoms with Gasteiger partial charge in [-0.1, -0.05) is 36.7 Å². The van der Waals surface area contributed by atoms with Crippen LogP contribution in [0.5, 0.6) is 11.5 Å². The molecule has 2 aromatic rings. The summed E-state index contributed by atoms with van der Waals surface area (Å²) in [5.41, 5.74) is 1.43. The number of carboxylic acid groups (broad SMARTS) is 1. The molecule has 0 heterocycles. The van der Waals surface area contributed by atoms with Crippen molar-refractivity contribution >= 4 is 29.2 Å². The summed E-state index contributed by atoms with van der Waals surface area (Å²) in [7, 11) is 1.51. The fourth-order valence-corrected chi connectivity index (χ4v) is 2.41. The first-order chi connectivity index (χ1) is 11.5. The molecule has 1 N–H and O–H groups in total. The smallest absolute Gasteiger partial charge is 0.336 e. The molecule has 4 nitrogen and oxygen atoms in total. The van der Waals surface area contributed by atoms with Crippen LogP contribution in [0.1, 0.15) is 24.5 Å². The third-order valence-corrected chi connectivity index (χ3v) is 3.65. The monoisotopic (exact) mass is 346 g/mol. The zero-order valence-electron chi connectivity index (χ0n) is 13.6. The van der Waals surface area contributed by atoms with Crippen LogP contribution in [0.2, 0.25) is 5.02 Å². The van der Waals surface area contributed by atoms with Gasteiger partial charge in [0.15, 0.2) is 0 Å². The Hall–Kier alpha value is -2.46. The van der Waals surface area contributed by atoms with Gasteiger partial charge in [0.1, 0.15) is 11.5 Å². The zero-order valence-corrected chi connectivity index (χ0v) is 14.3. The maximum atomic E-state index is 11.6. The van der Waals surface area contributed by atoms with Gasteiger partial charge in [-0.25, -0.2) is 4.79 Å². The fraction of sp³-hybridized carbons (Fsp3) is 0.211. The number of benzene rings is 2. The lowest BCUT2D eigenvalue weighted by Gasteiger charge is -2.08. The number of aliphatic carboxylic acids is 1. The number of hydrogen-bond donors (Lipinski definition) is 1. The molecule has 0 aliphatic carbocycles. The molecule has 0 saturated heterocycles. The second-order valence-electron chi connectivity index (χ2n) is 5.13. The first-order valence-electron chi connectivity index (χ1n) is 7.57. The van der Waals surface area contributed by atoms with Crippen LogP contribution in [0.3, 0.4) is 0 Å². The molecule has 5 heteroatoms. The SMILES string of the molecule is CCCOc1ccc(/C=C(\C(=O)O)c2ccc(OC)c(Cl)c2)cc1. The molecule has 2 rings (SSSR count). The van der Waals surface area contributed by atoms with Gasteiger partial charge < -0.3 is 14.6 Å². The molecule has 0 bridgehead atoms. The third kappa shape index (κ3) is 4.52. The highest BCUT2D eigenvalue weighted by atomic mass is 35.5. The number of carboxylic acids is 1. The second-order valence-corrected chi connectivity index (χ2v) is 5.54. The van der Waals surface area contributed by atoms with Crippen molar-refractivity contribution in [2.75, 3.05) is 13.7 Å². The van der Waals surface area contributed by atoms with E-state index in [4.69, 9.17) is 21.1 Å². The predicted molar refractivity (Wildman–Crippen MR) is 95.7 cm³/mol. The van der Waals surface area contributed by atoms with Crippen LogP contribution in [0.15, 0.2) is 42.5 Å². The van der Waals surface area contributed by atoms with Gasteiger partial charge in [0, 0.05) is 0 Å². The average Bonchev–Trinajstić information content (AvgIpc) is 2.58. The summed E-state index contributed by atoms with van der Waals surface area (Å²) in [5.74, 6) is 0.239. The summed E-state index contributed by atoms with van der Waals surface area (Å²) in [6.45, 7) is 2.69. The molecule has 0 spiro atoms. The van der Waals surface area contributed by atoms with Crippen molar-refractivity contribution in [2.45, 2.75) is 13.3 Å². The van der Waals surface area contributed by atoms with E-state index in [-0.39, 0.29) is 5.57 Å². The molecule has 2 aromatic carbocycles. The largest absolute Gasteiger partial charge is 0.495 e. The van der Waals surface area contributed by atoms with Crippen LogP contribution >= 0.6 is 11.6 Å². The Labute approximate surface area is 146 Å². The molecule has 126 valence electrons. The summed E-state index contributed by atoms with van der Waals surface area (Å²) in [5, 5.41) is 9.87. The highest BCUT2D eigenvalue weighted by molar-refractivity contribution is 6.32. The van der Waals surface area contributed by atoms with Gasteiger partial charge in [0.05, 0.1) is 24.3 Å². The summed E-state index contributed by atoms with van der Waals surface area (Å²) in [6, 6.07) is 12.2. The zero-order chi connectivity index (χ0) is 17.5. The topological polar surface area (TPSA) is 55.8 Å². The van der Waals surface area contributed by atoms with E-state index in [0.717, 1.165) is 17.7 Å². The molecule has 0 fully saturated rings. The van der Waals surface area contributed by atoms with Gasteiger partial charge in [0.25, 0.3) is 0 Å². The lowest BCUT2D eigenvalue weighted by molar-refractivity contribution is -0.130. The van der Waals surface area contributed by atoms with Crippen LogP contribution in [-0.4, -0.2) is 24.8 Å². The fourth-order valence-electron chi connectivity index (χ4n) is 2.15. The normalized spacial score (nSPS) is 11.2. The van der Waals surface area contributed by atoms with E-state index in [0.29, 0.717) is 22.9 Å². The molecule has 0 atom stereocenters. The Morgan fingerprint density at radius 2 is 1.92 bits per heavy atom. The Morgan fingerprint density at radius 1 is 1.21 bits per heavy atom. The Balaban J connectivity index is 2.31. The van der Waals surface area contributed by atoms with Gasteiger partial charge in [-0.3, -0.25) is 0 Å². The summed E-state index contributed by atoms with van der Waals surface area (Å²) < 4.78 is 10.6. The van der Waals surface area contributed by atoms with E-state index in [1.54, 1.807) is 24.3 Å². The highest BCUT2D eigenvalue weighted by Crippen LogP contribution is 2.29. The number of rotatable bonds is 7. The maximum Gasteiger partial charge on any atom is 0.336 e. The molecule has 0 aromatic heterocycles. The average molecular weight is 347 g/mol. The van der Waals surface area contributed by atoms with Gasteiger partial charge in [-0.15, -0.1) is 0 Å². The third-order valence-electron chi connectivity index (χ3n) is 3.36. The molecule has 0 unspecified atom stereocenters.